The molecular formula is C20H29N5O3. The molecule has 0 spiro atoms. The molecule has 1 saturated heterocycles. The van der Waals surface area contributed by atoms with Crippen LogP contribution in [0.2, 0.25) is 0 Å². The molecule has 0 aromatic carbocycles. The number of fused-ring (bicyclic) bond motifs is 1. The monoisotopic (exact) mass is 387 g/mol. The van der Waals surface area contributed by atoms with Gasteiger partial charge in [0.1, 0.15) is 29.8 Å². The molecule has 2 aromatic heterocycles. The van der Waals surface area contributed by atoms with Crippen molar-refractivity contribution >= 4 is 28.7 Å². The van der Waals surface area contributed by atoms with Gasteiger partial charge in [0, 0.05) is 26.3 Å². The number of hydrogen-bond donors (Lipinski definition) is 1. The van der Waals surface area contributed by atoms with E-state index < -0.39 is 11.6 Å². The first-order chi connectivity index (χ1) is 13.2. The SMILES string of the molecule is C[C@@H]1CCN(C(=O)CC(=O)OC(C)(C)C)C[C@@H]1N(C)c1ncnc2[nH]ccc12. The molecule has 0 bridgehead atoms. The zero-order valence-corrected chi connectivity index (χ0v) is 17.2. The summed E-state index contributed by atoms with van der Waals surface area (Å²) in [4.78, 5) is 40.4. The zero-order chi connectivity index (χ0) is 20.5. The smallest absolute Gasteiger partial charge is 0.315 e. The van der Waals surface area contributed by atoms with E-state index in [0.717, 1.165) is 23.3 Å². The Morgan fingerprint density at radius 3 is 2.82 bits per heavy atom. The molecule has 1 aliphatic heterocycles. The highest BCUT2D eigenvalue weighted by molar-refractivity contribution is 5.94. The van der Waals surface area contributed by atoms with Crippen LogP contribution in [0.4, 0.5) is 5.82 Å². The summed E-state index contributed by atoms with van der Waals surface area (Å²) in [6, 6.07) is 2.06. The summed E-state index contributed by atoms with van der Waals surface area (Å²) < 4.78 is 5.29. The van der Waals surface area contributed by atoms with Crippen molar-refractivity contribution in [2.45, 2.75) is 52.2 Å². The van der Waals surface area contributed by atoms with Crippen LogP contribution in [0.1, 0.15) is 40.5 Å². The predicted molar refractivity (Wildman–Crippen MR) is 107 cm³/mol. The van der Waals surface area contributed by atoms with E-state index in [1.807, 2.05) is 19.3 Å². The van der Waals surface area contributed by atoms with Crippen LogP contribution in [0.25, 0.3) is 11.0 Å². The van der Waals surface area contributed by atoms with Gasteiger partial charge in [-0.2, -0.15) is 0 Å². The predicted octanol–water partition coefficient (Wildman–Crippen LogP) is 2.36. The number of likely N-dealkylation sites (tertiary alicyclic amines) is 1. The van der Waals surface area contributed by atoms with Gasteiger partial charge in [-0.3, -0.25) is 9.59 Å². The van der Waals surface area contributed by atoms with E-state index >= 15 is 0 Å². The highest BCUT2D eigenvalue weighted by Crippen LogP contribution is 2.28. The number of esters is 1. The maximum atomic E-state index is 12.7. The summed E-state index contributed by atoms with van der Waals surface area (Å²) in [6.45, 7) is 8.78. The fourth-order valence-corrected chi connectivity index (χ4v) is 3.69. The molecule has 8 nitrogen and oxygen atoms in total. The number of carbonyl (C=O) groups is 2. The number of amides is 1. The minimum atomic E-state index is -0.592. The van der Waals surface area contributed by atoms with Gasteiger partial charge in [0.15, 0.2) is 0 Å². The van der Waals surface area contributed by atoms with E-state index in [0.29, 0.717) is 19.0 Å². The Balaban J connectivity index is 1.71. The number of aromatic nitrogens is 3. The van der Waals surface area contributed by atoms with Crippen LogP contribution < -0.4 is 4.90 Å². The summed E-state index contributed by atoms with van der Waals surface area (Å²) in [7, 11) is 2.00. The summed E-state index contributed by atoms with van der Waals surface area (Å²) in [6.07, 6.45) is 4.04. The lowest BCUT2D eigenvalue weighted by Gasteiger charge is -2.42. The molecule has 2 atom stereocenters. The number of carbonyl (C=O) groups excluding carboxylic acids is 2. The molecule has 2 aromatic rings. The molecule has 1 amide bonds. The Kier molecular flexibility index (Phi) is 5.58. The first-order valence-corrected chi connectivity index (χ1v) is 9.66. The van der Waals surface area contributed by atoms with E-state index in [-0.39, 0.29) is 18.4 Å². The Morgan fingerprint density at radius 1 is 1.36 bits per heavy atom. The fourth-order valence-electron chi connectivity index (χ4n) is 3.69. The van der Waals surface area contributed by atoms with Gasteiger partial charge in [-0.05, 0) is 39.2 Å². The minimum Gasteiger partial charge on any atom is -0.460 e. The first-order valence-electron chi connectivity index (χ1n) is 9.66. The van der Waals surface area contributed by atoms with E-state index in [2.05, 4.69) is 26.8 Å². The van der Waals surface area contributed by atoms with Crippen molar-refractivity contribution in [1.82, 2.24) is 19.9 Å². The number of nitrogens with one attached hydrogen (secondary N) is 1. The van der Waals surface area contributed by atoms with Crippen LogP contribution in [0, 0.1) is 5.92 Å². The zero-order valence-electron chi connectivity index (χ0n) is 17.2. The standard InChI is InChI=1S/C20H29N5O3/c1-13-7-9-25(16(26)10-17(27)28-20(2,3)4)11-15(13)24(5)19-14-6-8-21-18(14)22-12-23-19/h6,8,12-13,15H,7,9-11H2,1-5H3,(H,21,22,23)/t13-,15+/m1/s1. The molecule has 1 fully saturated rings. The van der Waals surface area contributed by atoms with E-state index in [1.165, 1.54) is 0 Å². The number of anilines is 1. The molecule has 1 aliphatic rings. The van der Waals surface area contributed by atoms with Crippen LogP contribution >= 0.6 is 0 Å². The van der Waals surface area contributed by atoms with Gasteiger partial charge in [0.2, 0.25) is 5.91 Å². The summed E-state index contributed by atoms with van der Waals surface area (Å²) in [5.74, 6) is 0.559. The fraction of sp³-hybridized carbons (Fsp3) is 0.600. The topological polar surface area (TPSA) is 91.4 Å². The molecule has 0 aliphatic carbocycles. The van der Waals surface area contributed by atoms with E-state index in [4.69, 9.17) is 4.74 Å². The van der Waals surface area contributed by atoms with Crippen molar-refractivity contribution in [2.75, 3.05) is 25.0 Å². The Morgan fingerprint density at radius 2 is 2.11 bits per heavy atom. The Labute approximate surface area is 165 Å². The average molecular weight is 387 g/mol. The number of H-pyrrole nitrogens is 1. The average Bonchev–Trinajstić information content (AvgIpc) is 3.08. The highest BCUT2D eigenvalue weighted by atomic mass is 16.6. The number of aromatic amines is 1. The minimum absolute atomic E-state index is 0.101. The summed E-state index contributed by atoms with van der Waals surface area (Å²) in [5.41, 5.74) is 0.198. The maximum absolute atomic E-state index is 12.7. The molecule has 0 radical (unpaired) electrons. The number of likely N-dealkylation sites (N-methyl/N-ethyl adjacent to an activating group) is 1. The second-order valence-corrected chi connectivity index (χ2v) is 8.48. The first kappa shape index (κ1) is 20.1. The molecule has 3 rings (SSSR count). The van der Waals surface area contributed by atoms with Crippen LogP contribution in [0.5, 0.6) is 0 Å². The molecule has 28 heavy (non-hydrogen) atoms. The number of piperidine rings is 1. The molecule has 3 heterocycles. The molecular weight excluding hydrogens is 358 g/mol. The Bertz CT molecular complexity index is 857. The van der Waals surface area contributed by atoms with E-state index in [1.54, 1.807) is 32.0 Å². The van der Waals surface area contributed by atoms with Crippen molar-refractivity contribution in [2.24, 2.45) is 5.92 Å². The van der Waals surface area contributed by atoms with Crippen molar-refractivity contribution < 1.29 is 14.3 Å². The lowest BCUT2D eigenvalue weighted by atomic mass is 9.92. The third-order valence-electron chi connectivity index (χ3n) is 5.15. The summed E-state index contributed by atoms with van der Waals surface area (Å²) >= 11 is 0. The van der Waals surface area contributed by atoms with Gasteiger partial charge in [-0.15, -0.1) is 0 Å². The molecule has 1 N–H and O–H groups in total. The van der Waals surface area contributed by atoms with Gasteiger partial charge >= 0.3 is 5.97 Å². The van der Waals surface area contributed by atoms with Crippen LogP contribution in [0.3, 0.4) is 0 Å². The van der Waals surface area contributed by atoms with Crippen LogP contribution in [0.15, 0.2) is 18.6 Å². The number of ether oxygens (including phenoxy) is 1. The quantitative estimate of drug-likeness (QED) is 0.640. The molecule has 152 valence electrons. The van der Waals surface area contributed by atoms with Crippen molar-refractivity contribution in [3.8, 4) is 0 Å². The highest BCUT2D eigenvalue weighted by Gasteiger charge is 2.33. The number of hydrogen-bond acceptors (Lipinski definition) is 6. The number of nitrogens with zero attached hydrogens (tertiary/aromatic N) is 4. The van der Waals surface area contributed by atoms with Gasteiger partial charge in [-0.1, -0.05) is 6.92 Å². The largest absolute Gasteiger partial charge is 0.460 e. The van der Waals surface area contributed by atoms with Gasteiger partial charge in [-0.25, -0.2) is 9.97 Å². The molecule has 0 saturated carbocycles. The molecule has 8 heteroatoms. The third-order valence-corrected chi connectivity index (χ3v) is 5.15. The lowest BCUT2D eigenvalue weighted by molar-refractivity contribution is -0.158. The van der Waals surface area contributed by atoms with Crippen LogP contribution in [-0.4, -0.2) is 63.5 Å². The second-order valence-electron chi connectivity index (χ2n) is 8.48. The van der Waals surface area contributed by atoms with Gasteiger partial charge in [0.05, 0.1) is 11.4 Å². The maximum Gasteiger partial charge on any atom is 0.315 e. The normalized spacial score (nSPS) is 20.2. The summed E-state index contributed by atoms with van der Waals surface area (Å²) in [5, 5.41) is 0.953. The van der Waals surface area contributed by atoms with Gasteiger partial charge in [0.25, 0.3) is 0 Å². The van der Waals surface area contributed by atoms with Crippen molar-refractivity contribution in [1.29, 1.82) is 0 Å². The van der Waals surface area contributed by atoms with Crippen molar-refractivity contribution in [3.05, 3.63) is 18.6 Å². The van der Waals surface area contributed by atoms with Crippen LogP contribution in [-0.2, 0) is 14.3 Å². The number of rotatable bonds is 4. The van der Waals surface area contributed by atoms with Crippen molar-refractivity contribution in [3.63, 3.8) is 0 Å². The molecule has 0 unspecified atom stereocenters. The second kappa shape index (κ2) is 7.77. The van der Waals surface area contributed by atoms with Gasteiger partial charge < -0.3 is 19.5 Å². The third kappa shape index (κ3) is 4.43. The Hall–Kier alpha value is -2.64. The van der Waals surface area contributed by atoms with E-state index in [9.17, 15) is 9.59 Å². The lowest BCUT2D eigenvalue weighted by Crippen LogP contribution is -2.53.